The molecule has 0 unspecified atom stereocenters. The number of carbonyl (C=O) groups excluding carboxylic acids is 2. The molecule has 1 aliphatic rings. The van der Waals surface area contributed by atoms with Crippen LogP contribution in [0.15, 0.2) is 24.3 Å². The van der Waals surface area contributed by atoms with Gasteiger partial charge in [0.1, 0.15) is 0 Å². The zero-order valence-corrected chi connectivity index (χ0v) is 16.8. The highest BCUT2D eigenvalue weighted by atomic mass is 32.1. The van der Waals surface area contributed by atoms with Gasteiger partial charge in [0.25, 0.3) is 0 Å². The van der Waals surface area contributed by atoms with E-state index >= 15 is 0 Å². The Labute approximate surface area is 164 Å². The van der Waals surface area contributed by atoms with Crippen LogP contribution in [0.1, 0.15) is 50.5 Å². The number of rotatable bonds is 11. The second kappa shape index (κ2) is 9.83. The number of carbonyl (C=O) groups is 2. The van der Waals surface area contributed by atoms with E-state index in [0.29, 0.717) is 25.5 Å². The molecule has 0 saturated heterocycles. The summed E-state index contributed by atoms with van der Waals surface area (Å²) in [7, 11) is 0. The van der Waals surface area contributed by atoms with Crippen LogP contribution in [0.5, 0.6) is 0 Å². The van der Waals surface area contributed by atoms with E-state index < -0.39 is 0 Å². The van der Waals surface area contributed by atoms with Crippen LogP contribution < -0.4 is 0 Å². The van der Waals surface area contributed by atoms with E-state index in [2.05, 4.69) is 11.1 Å². The molecule has 1 heterocycles. The molecule has 5 nitrogen and oxygen atoms in total. The Kier molecular flexibility index (Phi) is 7.21. The number of hydrogen-bond acceptors (Lipinski definition) is 5. The van der Waals surface area contributed by atoms with Gasteiger partial charge in [0.15, 0.2) is 0 Å². The van der Waals surface area contributed by atoms with Crippen molar-refractivity contribution in [3.05, 3.63) is 29.3 Å². The maximum Gasteiger partial charge on any atom is 0.307 e. The van der Waals surface area contributed by atoms with Crippen LogP contribution in [-0.2, 0) is 20.7 Å². The molecule has 2 aromatic rings. The lowest BCUT2D eigenvalue weighted by molar-refractivity contribution is -0.144. The Hall–Kier alpha value is -1.95. The molecule has 0 bridgehead atoms. The van der Waals surface area contributed by atoms with Crippen molar-refractivity contribution in [1.82, 2.24) is 9.88 Å². The van der Waals surface area contributed by atoms with Crippen LogP contribution in [-0.4, -0.2) is 41.5 Å². The third-order valence-corrected chi connectivity index (χ3v) is 5.89. The summed E-state index contributed by atoms with van der Waals surface area (Å²) in [5.74, 6) is 0.566. The van der Waals surface area contributed by atoms with Crippen LogP contribution in [0.2, 0.25) is 0 Å². The Balaban J connectivity index is 1.41. The number of amides is 1. The summed E-state index contributed by atoms with van der Waals surface area (Å²) in [5.41, 5.74) is 1.06. The molecule has 6 heteroatoms. The summed E-state index contributed by atoms with van der Waals surface area (Å²) in [4.78, 5) is 30.7. The monoisotopic (exact) mass is 388 g/mol. The summed E-state index contributed by atoms with van der Waals surface area (Å²) < 4.78 is 6.20. The van der Waals surface area contributed by atoms with E-state index in [1.54, 1.807) is 18.3 Å². The van der Waals surface area contributed by atoms with Crippen molar-refractivity contribution in [3.8, 4) is 0 Å². The molecule has 1 amide bonds. The van der Waals surface area contributed by atoms with Gasteiger partial charge in [-0.05, 0) is 57.1 Å². The van der Waals surface area contributed by atoms with E-state index in [9.17, 15) is 9.59 Å². The Morgan fingerprint density at radius 2 is 2.04 bits per heavy atom. The first-order chi connectivity index (χ1) is 13.2. The van der Waals surface area contributed by atoms with Crippen LogP contribution in [0, 0.1) is 5.92 Å². The zero-order chi connectivity index (χ0) is 19.1. The number of aromatic nitrogens is 1. The van der Waals surface area contributed by atoms with E-state index in [-0.39, 0.29) is 18.3 Å². The molecule has 146 valence electrons. The third-order valence-electron chi connectivity index (χ3n) is 4.79. The number of unbranched alkanes of at least 4 members (excludes halogenated alkanes) is 1. The largest absolute Gasteiger partial charge is 0.466 e. The number of ether oxygens (including phenoxy) is 1. The Morgan fingerprint density at radius 3 is 2.78 bits per heavy atom. The van der Waals surface area contributed by atoms with Crippen molar-refractivity contribution in [1.29, 1.82) is 0 Å². The predicted octanol–water partition coefficient (Wildman–Crippen LogP) is 4.20. The van der Waals surface area contributed by atoms with Gasteiger partial charge in [0, 0.05) is 19.5 Å². The van der Waals surface area contributed by atoms with Crippen molar-refractivity contribution in [2.75, 3.05) is 19.7 Å². The second-order valence-corrected chi connectivity index (χ2v) is 8.24. The van der Waals surface area contributed by atoms with E-state index in [1.807, 2.05) is 23.1 Å². The number of para-hydroxylation sites is 1. The van der Waals surface area contributed by atoms with Gasteiger partial charge in [-0.15, -0.1) is 11.3 Å². The molecule has 1 aliphatic carbocycles. The number of thiazole rings is 1. The molecule has 3 rings (SSSR count). The highest BCUT2D eigenvalue weighted by molar-refractivity contribution is 7.18. The van der Waals surface area contributed by atoms with Gasteiger partial charge in [-0.2, -0.15) is 0 Å². The topological polar surface area (TPSA) is 59.5 Å². The third kappa shape index (κ3) is 6.31. The molecule has 1 aromatic heterocycles. The molecule has 1 saturated carbocycles. The molecular formula is C21H28N2O3S. The maximum atomic E-state index is 12.6. The highest BCUT2D eigenvalue weighted by Crippen LogP contribution is 2.30. The Morgan fingerprint density at radius 1 is 1.22 bits per heavy atom. The average molecular weight is 389 g/mol. The smallest absolute Gasteiger partial charge is 0.307 e. The van der Waals surface area contributed by atoms with E-state index in [4.69, 9.17) is 4.74 Å². The van der Waals surface area contributed by atoms with Crippen LogP contribution in [0.4, 0.5) is 0 Å². The van der Waals surface area contributed by atoms with Crippen molar-refractivity contribution >= 4 is 33.4 Å². The summed E-state index contributed by atoms with van der Waals surface area (Å²) >= 11 is 1.74. The number of nitrogens with zero attached hydrogens (tertiary/aromatic N) is 2. The van der Waals surface area contributed by atoms with Gasteiger partial charge in [-0.1, -0.05) is 12.1 Å². The average Bonchev–Trinajstić information content (AvgIpc) is 3.38. The van der Waals surface area contributed by atoms with Gasteiger partial charge in [-0.3, -0.25) is 9.59 Å². The van der Waals surface area contributed by atoms with Crippen LogP contribution in [0.3, 0.4) is 0 Å². The van der Waals surface area contributed by atoms with Crippen molar-refractivity contribution in [3.63, 3.8) is 0 Å². The van der Waals surface area contributed by atoms with Gasteiger partial charge < -0.3 is 9.64 Å². The molecule has 1 fully saturated rings. The first kappa shape index (κ1) is 19.8. The number of benzene rings is 1. The van der Waals surface area contributed by atoms with E-state index in [1.165, 1.54) is 17.5 Å². The van der Waals surface area contributed by atoms with Gasteiger partial charge in [0.2, 0.25) is 5.91 Å². The minimum Gasteiger partial charge on any atom is -0.466 e. The standard InChI is InChI=1S/C21H28N2O3S/c1-2-26-21(25)13-14-23(15-16-11-12-16)20(24)10-6-5-9-19-22-17-7-3-4-8-18(17)27-19/h3-4,7-8,16H,2,5-6,9-15H2,1H3. The summed E-state index contributed by atoms with van der Waals surface area (Å²) in [6.45, 7) is 3.46. The number of hydrogen-bond donors (Lipinski definition) is 0. The first-order valence-electron chi connectivity index (χ1n) is 9.93. The van der Waals surface area contributed by atoms with Gasteiger partial charge in [0.05, 0.1) is 28.3 Å². The molecule has 0 atom stereocenters. The summed E-state index contributed by atoms with van der Waals surface area (Å²) in [5, 5.41) is 1.14. The minimum atomic E-state index is -0.220. The summed E-state index contributed by atoms with van der Waals surface area (Å²) in [6, 6.07) is 8.18. The van der Waals surface area contributed by atoms with Crippen LogP contribution in [0.25, 0.3) is 10.2 Å². The lowest BCUT2D eigenvalue weighted by atomic mass is 10.1. The minimum absolute atomic E-state index is 0.162. The molecule has 0 radical (unpaired) electrons. The first-order valence-corrected chi connectivity index (χ1v) is 10.7. The van der Waals surface area contributed by atoms with E-state index in [0.717, 1.165) is 36.3 Å². The maximum absolute atomic E-state index is 12.6. The van der Waals surface area contributed by atoms with Gasteiger partial charge >= 0.3 is 5.97 Å². The summed E-state index contributed by atoms with van der Waals surface area (Å²) in [6.07, 6.45) is 5.95. The molecule has 1 aromatic carbocycles. The fourth-order valence-electron chi connectivity index (χ4n) is 3.13. The number of esters is 1. The van der Waals surface area contributed by atoms with Crippen molar-refractivity contribution < 1.29 is 14.3 Å². The molecule has 0 aliphatic heterocycles. The zero-order valence-electron chi connectivity index (χ0n) is 16.0. The number of aryl methyl sites for hydroxylation is 1. The van der Waals surface area contributed by atoms with Crippen molar-refractivity contribution in [2.24, 2.45) is 5.92 Å². The molecular weight excluding hydrogens is 360 g/mol. The normalized spacial score (nSPS) is 13.7. The highest BCUT2D eigenvalue weighted by Gasteiger charge is 2.26. The number of fused-ring (bicyclic) bond motifs is 1. The van der Waals surface area contributed by atoms with Crippen molar-refractivity contribution in [2.45, 2.75) is 51.9 Å². The molecule has 0 spiro atoms. The molecule has 27 heavy (non-hydrogen) atoms. The second-order valence-electron chi connectivity index (χ2n) is 7.12. The Bertz CT molecular complexity index is 737. The fraction of sp³-hybridized carbons (Fsp3) is 0.571. The lowest BCUT2D eigenvalue weighted by Gasteiger charge is -2.22. The van der Waals surface area contributed by atoms with Gasteiger partial charge in [-0.25, -0.2) is 4.98 Å². The fourth-order valence-corrected chi connectivity index (χ4v) is 4.14. The van der Waals surface area contributed by atoms with Crippen LogP contribution >= 0.6 is 11.3 Å². The molecule has 0 N–H and O–H groups in total. The quantitative estimate of drug-likeness (QED) is 0.428. The predicted molar refractivity (Wildman–Crippen MR) is 108 cm³/mol. The SMILES string of the molecule is CCOC(=O)CCN(CC1CC1)C(=O)CCCCc1nc2ccccc2s1. The lowest BCUT2D eigenvalue weighted by Crippen LogP contribution is -2.34.